The van der Waals surface area contributed by atoms with E-state index in [9.17, 15) is 13.6 Å². The van der Waals surface area contributed by atoms with Gasteiger partial charge in [-0.05, 0) is 18.4 Å². The largest absolute Gasteiger partial charge is 0.493 e. The summed E-state index contributed by atoms with van der Waals surface area (Å²) in [6.07, 6.45) is 6.26. The summed E-state index contributed by atoms with van der Waals surface area (Å²) in [7, 11) is 2.50. The van der Waals surface area contributed by atoms with Gasteiger partial charge < -0.3 is 24.5 Å². The number of carbonyl (C=O) groups excluding carboxylic acids is 1. The Labute approximate surface area is 215 Å². The van der Waals surface area contributed by atoms with Gasteiger partial charge in [-0.2, -0.15) is 5.10 Å². The number of rotatable bonds is 5. The molecular weight excluding hydrogens is 498 g/mol. The van der Waals surface area contributed by atoms with Crippen LogP contribution in [-0.4, -0.2) is 57.9 Å². The van der Waals surface area contributed by atoms with Crippen LogP contribution in [0.3, 0.4) is 0 Å². The molecule has 1 aliphatic rings. The van der Waals surface area contributed by atoms with E-state index in [-0.39, 0.29) is 40.9 Å². The van der Waals surface area contributed by atoms with Crippen molar-refractivity contribution in [3.63, 3.8) is 0 Å². The first-order chi connectivity index (χ1) is 18.4. The Morgan fingerprint density at radius 1 is 1.24 bits per heavy atom. The maximum Gasteiger partial charge on any atom is 0.246 e. The van der Waals surface area contributed by atoms with Crippen LogP contribution >= 0.6 is 0 Å². The number of hydrogen-bond donors (Lipinski definition) is 1. The third-order valence-corrected chi connectivity index (χ3v) is 6.29. The highest BCUT2D eigenvalue weighted by Gasteiger charge is 2.31. The molecule has 38 heavy (non-hydrogen) atoms. The molecule has 1 amide bonds. The summed E-state index contributed by atoms with van der Waals surface area (Å²) in [4.78, 5) is 22.3. The van der Waals surface area contributed by atoms with Crippen molar-refractivity contribution in [3.8, 4) is 34.8 Å². The van der Waals surface area contributed by atoms with Crippen molar-refractivity contribution in [2.24, 2.45) is 0 Å². The first-order valence-electron chi connectivity index (χ1n) is 11.5. The van der Waals surface area contributed by atoms with E-state index in [0.717, 1.165) is 6.07 Å². The number of oxazole rings is 1. The number of methoxy groups -OCH3 is 2. The second-order valence-corrected chi connectivity index (χ2v) is 8.38. The molecule has 194 valence electrons. The molecule has 3 aromatic heterocycles. The van der Waals surface area contributed by atoms with Crippen molar-refractivity contribution >= 4 is 22.6 Å². The predicted octanol–water partition coefficient (Wildman–Crippen LogP) is 3.32. The van der Waals surface area contributed by atoms with Gasteiger partial charge in [0.2, 0.25) is 11.8 Å². The Bertz CT molecular complexity index is 1590. The maximum atomic E-state index is 14.9. The van der Waals surface area contributed by atoms with Crippen LogP contribution in [0, 0.1) is 23.5 Å². The fourth-order valence-electron chi connectivity index (χ4n) is 4.45. The normalized spacial score (nSPS) is 14.8. The molecule has 0 spiro atoms. The Morgan fingerprint density at radius 2 is 1.97 bits per heavy atom. The molecule has 0 unspecified atom stereocenters. The van der Waals surface area contributed by atoms with Crippen LogP contribution in [0.4, 0.5) is 14.6 Å². The topological polar surface area (TPSA) is 122 Å². The Hall–Kier alpha value is -4.92. The number of pyridine rings is 1. The minimum absolute atomic E-state index is 0.104. The molecule has 0 radical (unpaired) electrons. The van der Waals surface area contributed by atoms with Crippen molar-refractivity contribution in [1.29, 1.82) is 0 Å². The molecule has 0 saturated carbocycles. The summed E-state index contributed by atoms with van der Waals surface area (Å²) in [5.74, 6) is 3.03. The molecule has 10 nitrogen and oxygen atoms in total. The zero-order valence-electron chi connectivity index (χ0n) is 20.5. The maximum absolute atomic E-state index is 14.9. The lowest BCUT2D eigenvalue weighted by Gasteiger charge is -2.16. The van der Waals surface area contributed by atoms with E-state index in [1.54, 1.807) is 9.58 Å². The summed E-state index contributed by atoms with van der Waals surface area (Å²) in [5.41, 5.74) is 6.85. The first-order valence-corrected chi connectivity index (χ1v) is 11.5. The highest BCUT2D eigenvalue weighted by molar-refractivity contribution is 6.01. The van der Waals surface area contributed by atoms with E-state index in [1.807, 2.05) is 0 Å². The average molecular weight is 520 g/mol. The van der Waals surface area contributed by atoms with Gasteiger partial charge >= 0.3 is 0 Å². The molecule has 0 aliphatic carbocycles. The second kappa shape index (κ2) is 9.85. The number of likely N-dealkylation sites (tertiary alicyclic amines) is 1. The summed E-state index contributed by atoms with van der Waals surface area (Å²) >= 11 is 0. The number of hydrogen-bond acceptors (Lipinski definition) is 8. The summed E-state index contributed by atoms with van der Waals surface area (Å²) in [6, 6.07) is 0.846. The molecule has 12 heteroatoms. The number of benzene rings is 1. The minimum Gasteiger partial charge on any atom is -0.493 e. The van der Waals surface area contributed by atoms with Gasteiger partial charge in [0.15, 0.2) is 23.1 Å². The van der Waals surface area contributed by atoms with Crippen LogP contribution < -0.4 is 15.2 Å². The number of carbonyl (C=O) groups is 1. The molecule has 1 saturated heterocycles. The van der Waals surface area contributed by atoms with Crippen molar-refractivity contribution < 1.29 is 27.5 Å². The van der Waals surface area contributed by atoms with Crippen LogP contribution in [0.15, 0.2) is 41.8 Å². The van der Waals surface area contributed by atoms with Gasteiger partial charge in [-0.1, -0.05) is 12.5 Å². The van der Waals surface area contributed by atoms with Crippen LogP contribution in [0.1, 0.15) is 23.7 Å². The van der Waals surface area contributed by atoms with Crippen LogP contribution in [0.25, 0.3) is 22.4 Å². The van der Waals surface area contributed by atoms with E-state index in [0.29, 0.717) is 36.0 Å². The summed E-state index contributed by atoms with van der Waals surface area (Å²) in [6.45, 7) is 4.40. The van der Waals surface area contributed by atoms with Gasteiger partial charge in [-0.25, -0.2) is 18.7 Å². The number of nitrogens with zero attached hydrogens (tertiary/aromatic N) is 5. The monoisotopic (exact) mass is 520 g/mol. The van der Waals surface area contributed by atoms with Gasteiger partial charge in [0.1, 0.15) is 23.3 Å². The third-order valence-electron chi connectivity index (χ3n) is 6.29. The van der Waals surface area contributed by atoms with Crippen molar-refractivity contribution in [3.05, 3.63) is 60.3 Å². The Balaban J connectivity index is 1.72. The fourth-order valence-corrected chi connectivity index (χ4v) is 4.45. The molecule has 5 rings (SSSR count). The molecule has 1 atom stereocenters. The van der Waals surface area contributed by atoms with E-state index >= 15 is 0 Å². The Kier molecular flexibility index (Phi) is 6.42. The standard InChI is InChI=1S/C26H22F2N6O4/c1-4-20(35)33-9-7-14(13-33)34-24-16(26-30-8-10-38-26)12-31-25(29)21(24)17(32-34)6-5-15-22(27)18(36-2)11-19(37-3)23(15)28/h4,8,10-12,14H,1,7,9,13H2,2-3H3,(H2,29,31)/t14-/m0/s1. The SMILES string of the molecule is C=CC(=O)N1CC[C@H](n2nc(C#Cc3c(F)c(OC)cc(OC)c3F)c3c(N)ncc(-c4ncco4)c32)C1. The quantitative estimate of drug-likeness (QED) is 0.314. The lowest BCUT2D eigenvalue weighted by Crippen LogP contribution is -2.27. The number of nitrogens with two attached hydrogens (primary N) is 1. The predicted molar refractivity (Wildman–Crippen MR) is 133 cm³/mol. The number of halogens is 2. The first kappa shape index (κ1) is 24.8. The van der Waals surface area contributed by atoms with Gasteiger partial charge in [-0.3, -0.25) is 9.48 Å². The molecule has 1 aromatic carbocycles. The lowest BCUT2D eigenvalue weighted by atomic mass is 10.1. The molecule has 4 aromatic rings. The number of aromatic nitrogens is 4. The molecule has 0 bridgehead atoms. The van der Waals surface area contributed by atoms with Gasteiger partial charge in [0.25, 0.3) is 0 Å². The van der Waals surface area contributed by atoms with E-state index in [4.69, 9.17) is 19.6 Å². The average Bonchev–Trinajstić information content (AvgIpc) is 3.69. The van der Waals surface area contributed by atoms with E-state index < -0.39 is 17.2 Å². The molecule has 1 fully saturated rings. The highest BCUT2D eigenvalue weighted by Crippen LogP contribution is 2.36. The third kappa shape index (κ3) is 4.07. The van der Waals surface area contributed by atoms with Crippen LogP contribution in [-0.2, 0) is 4.79 Å². The Morgan fingerprint density at radius 3 is 2.61 bits per heavy atom. The number of amides is 1. The van der Waals surface area contributed by atoms with E-state index in [2.05, 4.69) is 33.5 Å². The summed E-state index contributed by atoms with van der Waals surface area (Å²) < 4.78 is 47.1. The van der Waals surface area contributed by atoms with Gasteiger partial charge in [0, 0.05) is 25.4 Å². The number of nitrogen functional groups attached to an aromatic ring is 1. The molecule has 2 N–H and O–H groups in total. The smallest absolute Gasteiger partial charge is 0.246 e. The van der Waals surface area contributed by atoms with Crippen LogP contribution in [0.2, 0.25) is 0 Å². The number of fused-ring (bicyclic) bond motifs is 1. The molecular formula is C26H22F2N6O4. The zero-order chi connectivity index (χ0) is 27.0. The zero-order valence-corrected chi connectivity index (χ0v) is 20.5. The van der Waals surface area contributed by atoms with Gasteiger partial charge in [-0.15, -0.1) is 0 Å². The molecule has 4 heterocycles. The van der Waals surface area contributed by atoms with Crippen molar-refractivity contribution in [2.75, 3.05) is 33.0 Å². The van der Waals surface area contributed by atoms with Crippen molar-refractivity contribution in [1.82, 2.24) is 24.6 Å². The van der Waals surface area contributed by atoms with E-state index in [1.165, 1.54) is 39.0 Å². The second-order valence-electron chi connectivity index (χ2n) is 8.38. The summed E-state index contributed by atoms with van der Waals surface area (Å²) in [5, 5.41) is 5.02. The highest BCUT2D eigenvalue weighted by atomic mass is 19.1. The number of anilines is 1. The minimum atomic E-state index is -0.983. The van der Waals surface area contributed by atoms with Crippen LogP contribution in [0.5, 0.6) is 11.5 Å². The lowest BCUT2D eigenvalue weighted by molar-refractivity contribution is -0.125. The molecule has 1 aliphatic heterocycles. The van der Waals surface area contributed by atoms with Crippen molar-refractivity contribution in [2.45, 2.75) is 12.5 Å². The number of ether oxygens (including phenoxy) is 2. The van der Waals surface area contributed by atoms with Gasteiger partial charge in [0.05, 0.1) is 42.9 Å². The fraction of sp³-hybridized carbons (Fsp3) is 0.231.